The van der Waals surface area contributed by atoms with E-state index in [1.54, 1.807) is 12.1 Å². The molecule has 0 amide bonds. The quantitative estimate of drug-likeness (QED) is 0.684. The Hall–Kier alpha value is -0.980. The molecule has 5 nitrogen and oxygen atoms in total. The van der Waals surface area contributed by atoms with E-state index < -0.39 is 0 Å². The van der Waals surface area contributed by atoms with Crippen LogP contribution >= 0.6 is 15.9 Å². The van der Waals surface area contributed by atoms with Crippen LogP contribution in [0.5, 0.6) is 0 Å². The predicted molar refractivity (Wildman–Crippen MR) is 66.7 cm³/mol. The highest BCUT2D eigenvalue weighted by Crippen LogP contribution is 2.25. The normalized spacial score (nSPS) is 20.7. The summed E-state index contributed by atoms with van der Waals surface area (Å²) in [4.78, 5) is 12.6. The third-order valence-corrected chi connectivity index (χ3v) is 3.38. The van der Waals surface area contributed by atoms with Crippen molar-refractivity contribution >= 4 is 21.6 Å². The molecule has 1 saturated heterocycles. The van der Waals surface area contributed by atoms with Crippen molar-refractivity contribution in [3.63, 3.8) is 0 Å². The minimum Gasteiger partial charge on any atom is -0.392 e. The minimum atomic E-state index is -0.368. The summed E-state index contributed by atoms with van der Waals surface area (Å²) in [6, 6.07) is 5.07. The maximum absolute atomic E-state index is 10.9. The Balaban J connectivity index is 2.17. The summed E-state index contributed by atoms with van der Waals surface area (Å²) in [5, 5.41) is 20.3. The molecule has 1 aliphatic rings. The van der Waals surface area contributed by atoms with Crippen LogP contribution in [0.2, 0.25) is 0 Å². The van der Waals surface area contributed by atoms with E-state index in [0.717, 1.165) is 13.0 Å². The van der Waals surface area contributed by atoms with Crippen LogP contribution in [0.3, 0.4) is 0 Å². The molecular formula is C11H13BrN2O3. The van der Waals surface area contributed by atoms with Crippen LogP contribution in [0, 0.1) is 10.1 Å². The molecule has 92 valence electrons. The van der Waals surface area contributed by atoms with Crippen LogP contribution in [0.4, 0.5) is 5.69 Å². The van der Waals surface area contributed by atoms with Gasteiger partial charge in [0.15, 0.2) is 0 Å². The van der Waals surface area contributed by atoms with Gasteiger partial charge in [-0.05, 0) is 18.6 Å². The summed E-state index contributed by atoms with van der Waals surface area (Å²) >= 11 is 3.23. The first-order chi connectivity index (χ1) is 8.06. The molecule has 0 spiro atoms. The van der Waals surface area contributed by atoms with Gasteiger partial charge in [-0.2, -0.15) is 0 Å². The number of benzene rings is 1. The van der Waals surface area contributed by atoms with Gasteiger partial charge in [-0.1, -0.05) is 15.9 Å². The van der Waals surface area contributed by atoms with E-state index >= 15 is 0 Å². The first-order valence-corrected chi connectivity index (χ1v) is 6.19. The molecule has 2 rings (SSSR count). The van der Waals surface area contributed by atoms with E-state index in [2.05, 4.69) is 15.9 Å². The topological polar surface area (TPSA) is 66.6 Å². The van der Waals surface area contributed by atoms with Crippen LogP contribution in [0.25, 0.3) is 0 Å². The number of likely N-dealkylation sites (tertiary alicyclic amines) is 1. The Morgan fingerprint density at radius 2 is 2.35 bits per heavy atom. The van der Waals surface area contributed by atoms with Crippen LogP contribution in [-0.2, 0) is 6.54 Å². The number of aliphatic hydroxyl groups excluding tert-OH is 1. The lowest BCUT2D eigenvalue weighted by Crippen LogP contribution is -2.22. The van der Waals surface area contributed by atoms with E-state index in [1.165, 1.54) is 6.07 Å². The molecule has 0 bridgehead atoms. The van der Waals surface area contributed by atoms with E-state index in [-0.39, 0.29) is 16.7 Å². The van der Waals surface area contributed by atoms with Crippen LogP contribution in [-0.4, -0.2) is 34.1 Å². The minimum absolute atomic E-state index is 0.126. The van der Waals surface area contributed by atoms with Gasteiger partial charge < -0.3 is 5.11 Å². The molecule has 17 heavy (non-hydrogen) atoms. The summed E-state index contributed by atoms with van der Waals surface area (Å²) in [7, 11) is 0. The fraction of sp³-hybridized carbons (Fsp3) is 0.455. The average molecular weight is 301 g/mol. The molecule has 1 atom stereocenters. The van der Waals surface area contributed by atoms with Crippen LogP contribution in [0.1, 0.15) is 12.0 Å². The Bertz CT molecular complexity index is 439. The summed E-state index contributed by atoms with van der Waals surface area (Å²) in [6.07, 6.45) is 0.439. The van der Waals surface area contributed by atoms with Crippen molar-refractivity contribution in [3.05, 3.63) is 38.3 Å². The molecule has 1 aliphatic heterocycles. The van der Waals surface area contributed by atoms with Crippen LogP contribution in [0.15, 0.2) is 22.7 Å². The molecule has 0 radical (unpaired) electrons. The summed E-state index contributed by atoms with van der Waals surface area (Å²) < 4.78 is 0.703. The molecule has 0 unspecified atom stereocenters. The van der Waals surface area contributed by atoms with Gasteiger partial charge in [0.1, 0.15) is 0 Å². The zero-order chi connectivity index (χ0) is 12.4. The van der Waals surface area contributed by atoms with Crippen molar-refractivity contribution in [1.82, 2.24) is 4.90 Å². The molecule has 0 aliphatic carbocycles. The van der Waals surface area contributed by atoms with Crippen molar-refractivity contribution in [2.45, 2.75) is 19.1 Å². The molecule has 1 fully saturated rings. The maximum Gasteiger partial charge on any atom is 0.275 e. The Morgan fingerprint density at radius 3 is 2.94 bits per heavy atom. The SMILES string of the molecule is O=[N+]([O-])c1cc(Br)ccc1CN1CC[C@@H](O)C1. The zero-order valence-electron chi connectivity index (χ0n) is 9.17. The van der Waals surface area contributed by atoms with Gasteiger partial charge in [-0.25, -0.2) is 0 Å². The van der Waals surface area contributed by atoms with Crippen molar-refractivity contribution in [2.75, 3.05) is 13.1 Å². The number of rotatable bonds is 3. The number of aliphatic hydroxyl groups is 1. The fourth-order valence-corrected chi connectivity index (χ4v) is 2.39. The van der Waals surface area contributed by atoms with Gasteiger partial charge in [-0.15, -0.1) is 0 Å². The molecule has 1 aromatic rings. The summed E-state index contributed by atoms with van der Waals surface area (Å²) in [5.74, 6) is 0. The van der Waals surface area contributed by atoms with Crippen LogP contribution < -0.4 is 0 Å². The zero-order valence-corrected chi connectivity index (χ0v) is 10.8. The standard InChI is InChI=1S/C11H13BrN2O3/c12-9-2-1-8(11(5-9)14(16)17)6-13-4-3-10(15)7-13/h1-2,5,10,15H,3-4,6-7H2/t10-/m1/s1. The highest BCUT2D eigenvalue weighted by Gasteiger charge is 2.23. The number of nitro benzene ring substituents is 1. The lowest BCUT2D eigenvalue weighted by atomic mass is 10.1. The van der Waals surface area contributed by atoms with Gasteiger partial charge in [0, 0.05) is 35.7 Å². The van der Waals surface area contributed by atoms with E-state index in [1.807, 2.05) is 4.90 Å². The highest BCUT2D eigenvalue weighted by molar-refractivity contribution is 9.10. The Labute approximate surface area is 107 Å². The van der Waals surface area contributed by atoms with Gasteiger partial charge in [0.2, 0.25) is 0 Å². The summed E-state index contributed by atoms with van der Waals surface area (Å²) in [6.45, 7) is 1.89. The van der Waals surface area contributed by atoms with Crippen molar-refractivity contribution in [3.8, 4) is 0 Å². The van der Waals surface area contributed by atoms with Gasteiger partial charge in [-0.3, -0.25) is 15.0 Å². The summed E-state index contributed by atoms with van der Waals surface area (Å²) in [5.41, 5.74) is 0.813. The largest absolute Gasteiger partial charge is 0.392 e. The van der Waals surface area contributed by atoms with Crippen molar-refractivity contribution in [2.24, 2.45) is 0 Å². The van der Waals surface area contributed by atoms with E-state index in [4.69, 9.17) is 0 Å². The average Bonchev–Trinajstić information content (AvgIpc) is 2.66. The molecular weight excluding hydrogens is 288 g/mol. The van der Waals surface area contributed by atoms with Gasteiger partial charge in [0.25, 0.3) is 5.69 Å². The number of β-amino-alcohol motifs (C(OH)–C–C–N with tert-alkyl or cyclic N) is 1. The number of nitro groups is 1. The number of hydrogen-bond donors (Lipinski definition) is 1. The monoisotopic (exact) mass is 300 g/mol. The lowest BCUT2D eigenvalue weighted by Gasteiger charge is -2.14. The van der Waals surface area contributed by atoms with Gasteiger partial charge >= 0.3 is 0 Å². The molecule has 6 heteroatoms. The maximum atomic E-state index is 10.9. The second-order valence-electron chi connectivity index (χ2n) is 4.21. The number of halogens is 1. The molecule has 0 saturated carbocycles. The molecule has 1 aromatic carbocycles. The smallest absolute Gasteiger partial charge is 0.275 e. The lowest BCUT2D eigenvalue weighted by molar-refractivity contribution is -0.385. The molecule has 0 aromatic heterocycles. The third-order valence-electron chi connectivity index (χ3n) is 2.89. The van der Waals surface area contributed by atoms with Gasteiger partial charge in [0.05, 0.1) is 11.0 Å². The molecule has 1 N–H and O–H groups in total. The Kier molecular flexibility index (Phi) is 3.76. The van der Waals surface area contributed by atoms with E-state index in [0.29, 0.717) is 23.1 Å². The second kappa shape index (κ2) is 5.12. The first kappa shape index (κ1) is 12.5. The number of nitrogens with zero attached hydrogens (tertiary/aromatic N) is 2. The van der Waals surface area contributed by atoms with Crippen molar-refractivity contribution in [1.29, 1.82) is 0 Å². The highest BCUT2D eigenvalue weighted by atomic mass is 79.9. The van der Waals surface area contributed by atoms with Crippen molar-refractivity contribution < 1.29 is 10.0 Å². The second-order valence-corrected chi connectivity index (χ2v) is 5.12. The first-order valence-electron chi connectivity index (χ1n) is 5.39. The van der Waals surface area contributed by atoms with E-state index in [9.17, 15) is 15.2 Å². The predicted octanol–water partition coefficient (Wildman–Crippen LogP) is 1.92. The number of hydrogen-bond acceptors (Lipinski definition) is 4. The third kappa shape index (κ3) is 3.02. The fourth-order valence-electron chi connectivity index (χ4n) is 2.04. The molecule has 1 heterocycles. The Morgan fingerprint density at radius 1 is 1.59 bits per heavy atom.